The van der Waals surface area contributed by atoms with Crippen LogP contribution in [0.1, 0.15) is 96.8 Å². The minimum atomic E-state index is -1.34. The number of carboxylic acid groups (broad SMARTS) is 1. The van der Waals surface area contributed by atoms with Gasteiger partial charge in [-0.15, -0.1) is 0 Å². The first-order chi connectivity index (χ1) is 10.6. The van der Waals surface area contributed by atoms with Crippen LogP contribution in [0.5, 0.6) is 0 Å². The van der Waals surface area contributed by atoms with Crippen molar-refractivity contribution in [2.24, 2.45) is 0 Å². The molecule has 22 heavy (non-hydrogen) atoms. The Morgan fingerprint density at radius 3 is 1.64 bits per heavy atom. The van der Waals surface area contributed by atoms with Crippen molar-refractivity contribution in [2.45, 2.75) is 109 Å². The first-order valence-electron chi connectivity index (χ1n) is 9.16. The third-order valence-corrected chi connectivity index (χ3v) is 4.20. The summed E-state index contributed by atoms with van der Waals surface area (Å²) in [5, 5.41) is 27.4. The molecule has 0 saturated carbocycles. The van der Waals surface area contributed by atoms with E-state index in [1.807, 2.05) is 0 Å². The Balaban J connectivity index is 3.23. The van der Waals surface area contributed by atoms with Gasteiger partial charge in [-0.2, -0.15) is 0 Å². The Morgan fingerprint density at radius 1 is 0.727 bits per heavy atom. The molecule has 0 aliphatic heterocycles. The fourth-order valence-corrected chi connectivity index (χ4v) is 2.66. The van der Waals surface area contributed by atoms with Gasteiger partial charge in [-0.05, 0) is 19.3 Å². The highest BCUT2D eigenvalue weighted by Gasteiger charge is 2.14. The van der Waals surface area contributed by atoms with Crippen molar-refractivity contribution in [3.8, 4) is 0 Å². The molecule has 0 aliphatic carbocycles. The number of aliphatic hydroxyl groups is 2. The number of aliphatic hydroxyl groups excluding tert-OH is 2. The normalized spacial score (nSPS) is 14.0. The van der Waals surface area contributed by atoms with Crippen molar-refractivity contribution < 1.29 is 20.1 Å². The van der Waals surface area contributed by atoms with Crippen LogP contribution in [0.25, 0.3) is 0 Å². The average Bonchev–Trinajstić information content (AvgIpc) is 2.50. The van der Waals surface area contributed by atoms with E-state index >= 15 is 0 Å². The number of hydrogen-bond donors (Lipinski definition) is 3. The van der Waals surface area contributed by atoms with Crippen LogP contribution in [0.2, 0.25) is 0 Å². The van der Waals surface area contributed by atoms with E-state index in [0.717, 1.165) is 12.8 Å². The van der Waals surface area contributed by atoms with Gasteiger partial charge >= 0.3 is 5.97 Å². The molecule has 0 saturated heterocycles. The highest BCUT2D eigenvalue weighted by atomic mass is 16.4. The monoisotopic (exact) mass is 316 g/mol. The molecule has 3 N–H and O–H groups in total. The first-order valence-corrected chi connectivity index (χ1v) is 9.16. The van der Waals surface area contributed by atoms with Gasteiger partial charge in [-0.1, -0.05) is 77.6 Å². The Labute approximate surface area is 135 Å². The van der Waals surface area contributed by atoms with Gasteiger partial charge in [0.2, 0.25) is 0 Å². The van der Waals surface area contributed by atoms with Gasteiger partial charge in [0.1, 0.15) is 0 Å². The lowest BCUT2D eigenvalue weighted by Gasteiger charge is -2.11. The maximum atomic E-state index is 10.4. The van der Waals surface area contributed by atoms with Crippen LogP contribution in [-0.2, 0) is 4.79 Å². The smallest absolute Gasteiger partial charge is 0.332 e. The number of carbonyl (C=O) groups is 1. The molecule has 0 amide bonds. The molecule has 0 aliphatic rings. The summed E-state index contributed by atoms with van der Waals surface area (Å²) in [6.07, 6.45) is 13.5. The van der Waals surface area contributed by atoms with E-state index in [0.29, 0.717) is 12.8 Å². The van der Waals surface area contributed by atoms with Gasteiger partial charge < -0.3 is 15.3 Å². The summed E-state index contributed by atoms with van der Waals surface area (Å²) in [5.74, 6) is -1.21. The summed E-state index contributed by atoms with van der Waals surface area (Å²) >= 11 is 0. The zero-order valence-electron chi connectivity index (χ0n) is 14.3. The van der Waals surface area contributed by atoms with Crippen molar-refractivity contribution >= 4 is 5.97 Å². The third-order valence-electron chi connectivity index (χ3n) is 4.20. The maximum Gasteiger partial charge on any atom is 0.332 e. The zero-order chi connectivity index (χ0) is 16.6. The van der Waals surface area contributed by atoms with Crippen LogP contribution in [-0.4, -0.2) is 33.5 Å². The molecule has 0 bridgehead atoms. The lowest BCUT2D eigenvalue weighted by atomic mass is 10.0. The first kappa shape index (κ1) is 21.4. The highest BCUT2D eigenvalue weighted by molar-refractivity contribution is 5.71. The Kier molecular flexibility index (Phi) is 14.9. The lowest BCUT2D eigenvalue weighted by molar-refractivity contribution is -0.147. The highest BCUT2D eigenvalue weighted by Crippen LogP contribution is 2.14. The van der Waals surface area contributed by atoms with Crippen LogP contribution in [0.15, 0.2) is 0 Å². The van der Waals surface area contributed by atoms with Crippen LogP contribution in [0.3, 0.4) is 0 Å². The molecule has 2 atom stereocenters. The second-order valence-corrected chi connectivity index (χ2v) is 6.41. The molecule has 0 rings (SSSR count). The Morgan fingerprint density at radius 2 is 1.18 bits per heavy atom. The third kappa shape index (κ3) is 14.3. The van der Waals surface area contributed by atoms with Gasteiger partial charge in [-0.25, -0.2) is 4.79 Å². The minimum absolute atomic E-state index is 0.133. The topological polar surface area (TPSA) is 77.8 Å². The van der Waals surface area contributed by atoms with Gasteiger partial charge in [0.05, 0.1) is 6.10 Å². The van der Waals surface area contributed by atoms with Gasteiger partial charge in [0, 0.05) is 0 Å². The van der Waals surface area contributed by atoms with Crippen molar-refractivity contribution in [1.82, 2.24) is 0 Å². The largest absolute Gasteiger partial charge is 0.479 e. The molecule has 0 aromatic rings. The number of unbranched alkanes of at least 4 members (excludes halogenated alkanes) is 10. The van der Waals surface area contributed by atoms with Crippen LogP contribution < -0.4 is 0 Å². The Hall–Kier alpha value is -0.610. The van der Waals surface area contributed by atoms with Crippen molar-refractivity contribution in [1.29, 1.82) is 0 Å². The molecule has 0 heterocycles. The van der Waals surface area contributed by atoms with Gasteiger partial charge in [0.25, 0.3) is 0 Å². The molecule has 132 valence electrons. The van der Waals surface area contributed by atoms with Crippen LogP contribution in [0.4, 0.5) is 0 Å². The lowest BCUT2D eigenvalue weighted by Crippen LogP contribution is -2.21. The minimum Gasteiger partial charge on any atom is -0.479 e. The number of aliphatic carboxylic acids is 1. The van der Waals surface area contributed by atoms with Crippen molar-refractivity contribution in [3.05, 3.63) is 0 Å². The second-order valence-electron chi connectivity index (χ2n) is 6.41. The van der Waals surface area contributed by atoms with E-state index in [4.69, 9.17) is 10.2 Å². The Bertz CT molecular complexity index is 255. The maximum absolute atomic E-state index is 10.4. The summed E-state index contributed by atoms with van der Waals surface area (Å²) in [4.78, 5) is 10.4. The van der Waals surface area contributed by atoms with E-state index in [1.165, 1.54) is 57.8 Å². The summed E-state index contributed by atoms with van der Waals surface area (Å²) in [6.45, 7) is 2.24. The predicted octanol–water partition coefficient (Wildman–Crippen LogP) is 4.27. The fourth-order valence-electron chi connectivity index (χ4n) is 2.66. The standard InChI is InChI=1S/C18H36O4/c1-2-3-4-5-6-7-8-9-10-11-12-13-16(19)14-15-17(20)18(21)22/h16-17,19-20H,2-15H2,1H3,(H,21,22). The number of carboxylic acids is 1. The number of rotatable bonds is 16. The summed E-state index contributed by atoms with van der Waals surface area (Å²) in [7, 11) is 0. The quantitative estimate of drug-likeness (QED) is 0.371. The summed E-state index contributed by atoms with van der Waals surface area (Å²) in [6, 6.07) is 0. The summed E-state index contributed by atoms with van der Waals surface area (Å²) in [5.41, 5.74) is 0. The van der Waals surface area contributed by atoms with Crippen LogP contribution in [0, 0.1) is 0 Å². The zero-order valence-corrected chi connectivity index (χ0v) is 14.3. The molecular weight excluding hydrogens is 280 g/mol. The van der Waals surface area contributed by atoms with Crippen LogP contribution >= 0.6 is 0 Å². The molecule has 4 nitrogen and oxygen atoms in total. The average molecular weight is 316 g/mol. The molecule has 2 unspecified atom stereocenters. The summed E-state index contributed by atoms with van der Waals surface area (Å²) < 4.78 is 0. The van der Waals surface area contributed by atoms with E-state index < -0.39 is 18.2 Å². The number of hydrogen-bond acceptors (Lipinski definition) is 3. The molecule has 0 radical (unpaired) electrons. The van der Waals surface area contributed by atoms with E-state index in [1.54, 1.807) is 0 Å². The SMILES string of the molecule is CCCCCCCCCCCCCC(O)CCC(O)C(=O)O. The molecule has 0 spiro atoms. The molecule has 0 aromatic carbocycles. The predicted molar refractivity (Wildman–Crippen MR) is 90.0 cm³/mol. The second kappa shape index (κ2) is 15.3. The van der Waals surface area contributed by atoms with Gasteiger partial charge in [0.15, 0.2) is 6.10 Å². The van der Waals surface area contributed by atoms with Gasteiger partial charge in [-0.3, -0.25) is 0 Å². The fraction of sp³-hybridized carbons (Fsp3) is 0.944. The molecular formula is C18H36O4. The van der Waals surface area contributed by atoms with Crippen molar-refractivity contribution in [2.75, 3.05) is 0 Å². The van der Waals surface area contributed by atoms with E-state index in [9.17, 15) is 9.90 Å². The van der Waals surface area contributed by atoms with Crippen molar-refractivity contribution in [3.63, 3.8) is 0 Å². The van der Waals surface area contributed by atoms with E-state index in [-0.39, 0.29) is 6.42 Å². The molecule has 4 heteroatoms. The molecule has 0 aromatic heterocycles. The van der Waals surface area contributed by atoms with E-state index in [2.05, 4.69) is 6.92 Å². The molecule has 0 fully saturated rings.